The van der Waals surface area contributed by atoms with Gasteiger partial charge in [0.15, 0.2) is 0 Å². The Hall–Kier alpha value is -1.80. The maximum absolute atomic E-state index is 11.0. The Balaban J connectivity index is 4.44. The minimum Gasteiger partial charge on any atom is -0.392 e. The van der Waals surface area contributed by atoms with Crippen LogP contribution in [-0.4, -0.2) is 96.3 Å². The monoisotopic (exact) mass is 784 g/mol. The molecular formula is C50H93N3O3. The number of rotatable bonds is 42. The third-order valence-electron chi connectivity index (χ3n) is 10.5. The standard InChI is InChI=1S/C50H93N3O3/c1-5-8-11-14-17-20-23-26-29-32-35-38-48(54)45-51-41-42-52(4)43-44-53(46-49(55)39-36-33-30-27-24-21-18-15-12-9-6-2)47-50(56)40-37-34-31-28-25-22-19-16-13-10-7-3/h5-10,14-19,48-51,54-56H,11-13,20-47H2,1-4H3/b8-5-,9-6-,10-7-,17-14-,18-15-,19-16-. The molecule has 4 N–H and O–H groups in total. The number of likely N-dealkylation sites (N-methyl/N-ethyl adjacent to an activating group) is 1. The molecule has 0 aromatic heterocycles. The third-order valence-corrected chi connectivity index (χ3v) is 10.5. The Kier molecular flexibility index (Phi) is 42.9. The van der Waals surface area contributed by atoms with Crippen LogP contribution in [0.5, 0.6) is 0 Å². The van der Waals surface area contributed by atoms with Gasteiger partial charge in [0.1, 0.15) is 0 Å². The van der Waals surface area contributed by atoms with Gasteiger partial charge in [-0.2, -0.15) is 0 Å². The summed E-state index contributed by atoms with van der Waals surface area (Å²) in [6.07, 6.45) is 52.7. The molecular weight excluding hydrogens is 691 g/mol. The summed E-state index contributed by atoms with van der Waals surface area (Å²) in [6.45, 7) is 11.6. The number of aliphatic hydroxyl groups excluding tert-OH is 3. The van der Waals surface area contributed by atoms with Crippen LogP contribution in [-0.2, 0) is 0 Å². The van der Waals surface area contributed by atoms with Gasteiger partial charge in [-0.25, -0.2) is 0 Å². The van der Waals surface area contributed by atoms with Gasteiger partial charge < -0.3 is 25.5 Å². The van der Waals surface area contributed by atoms with Crippen molar-refractivity contribution in [3.63, 3.8) is 0 Å². The lowest BCUT2D eigenvalue weighted by molar-refractivity contribution is 0.0563. The first kappa shape index (κ1) is 54.2. The van der Waals surface area contributed by atoms with Gasteiger partial charge in [0.05, 0.1) is 18.3 Å². The molecule has 0 heterocycles. The van der Waals surface area contributed by atoms with Crippen LogP contribution in [0.2, 0.25) is 0 Å². The Morgan fingerprint density at radius 3 is 1.21 bits per heavy atom. The largest absolute Gasteiger partial charge is 0.392 e. The quantitative estimate of drug-likeness (QED) is 0.0365. The molecule has 6 heteroatoms. The Labute approximate surface area is 348 Å². The molecule has 0 aromatic carbocycles. The molecule has 0 rings (SSSR count). The van der Waals surface area contributed by atoms with E-state index in [1.54, 1.807) is 0 Å². The Bertz CT molecular complexity index is 929. The van der Waals surface area contributed by atoms with Crippen molar-refractivity contribution >= 4 is 0 Å². The second kappa shape index (κ2) is 44.3. The fraction of sp³-hybridized carbons (Fsp3) is 0.760. The molecule has 0 spiro atoms. The average molecular weight is 784 g/mol. The summed E-state index contributed by atoms with van der Waals surface area (Å²) >= 11 is 0. The summed E-state index contributed by atoms with van der Waals surface area (Å²) in [5.74, 6) is 0. The lowest BCUT2D eigenvalue weighted by atomic mass is 10.1. The highest BCUT2D eigenvalue weighted by Gasteiger charge is 2.16. The Morgan fingerprint density at radius 1 is 0.429 bits per heavy atom. The lowest BCUT2D eigenvalue weighted by Crippen LogP contribution is -2.43. The first-order valence-corrected chi connectivity index (χ1v) is 23.4. The van der Waals surface area contributed by atoms with Gasteiger partial charge in [-0.05, 0) is 105 Å². The molecule has 3 atom stereocenters. The maximum atomic E-state index is 11.0. The van der Waals surface area contributed by atoms with E-state index in [1.807, 2.05) is 0 Å². The number of nitrogens with one attached hydrogen (secondary N) is 1. The number of hydrogen-bond donors (Lipinski definition) is 4. The van der Waals surface area contributed by atoms with Crippen LogP contribution in [0, 0.1) is 0 Å². The molecule has 0 saturated carbocycles. The van der Waals surface area contributed by atoms with E-state index in [4.69, 9.17) is 0 Å². The summed E-state index contributed by atoms with van der Waals surface area (Å²) in [5.41, 5.74) is 0. The molecule has 326 valence electrons. The zero-order valence-corrected chi connectivity index (χ0v) is 37.3. The summed E-state index contributed by atoms with van der Waals surface area (Å²) < 4.78 is 0. The van der Waals surface area contributed by atoms with Crippen LogP contribution in [0.3, 0.4) is 0 Å². The normalized spacial score (nSPS) is 14.5. The highest BCUT2D eigenvalue weighted by Crippen LogP contribution is 2.14. The van der Waals surface area contributed by atoms with Crippen LogP contribution in [0.15, 0.2) is 72.9 Å². The molecule has 0 aliphatic rings. The van der Waals surface area contributed by atoms with Crippen molar-refractivity contribution in [3.8, 4) is 0 Å². The summed E-state index contributed by atoms with van der Waals surface area (Å²) in [4.78, 5) is 4.62. The molecule has 56 heavy (non-hydrogen) atoms. The second-order valence-electron chi connectivity index (χ2n) is 16.1. The minimum atomic E-state index is -0.354. The fourth-order valence-corrected chi connectivity index (χ4v) is 6.90. The van der Waals surface area contributed by atoms with Crippen molar-refractivity contribution in [3.05, 3.63) is 72.9 Å². The van der Waals surface area contributed by atoms with Crippen molar-refractivity contribution in [2.45, 2.75) is 193 Å². The topological polar surface area (TPSA) is 79.2 Å². The minimum absolute atomic E-state index is 0.279. The van der Waals surface area contributed by atoms with Crippen molar-refractivity contribution < 1.29 is 15.3 Å². The van der Waals surface area contributed by atoms with E-state index >= 15 is 0 Å². The molecule has 0 bridgehead atoms. The van der Waals surface area contributed by atoms with E-state index in [0.29, 0.717) is 19.6 Å². The molecule has 0 aromatic rings. The molecule has 0 saturated heterocycles. The first-order chi connectivity index (χ1) is 27.4. The number of nitrogens with zero attached hydrogens (tertiary/aromatic N) is 2. The van der Waals surface area contributed by atoms with Crippen molar-refractivity contribution in [2.75, 3.05) is 52.9 Å². The van der Waals surface area contributed by atoms with E-state index in [1.165, 1.54) is 83.5 Å². The van der Waals surface area contributed by atoms with Crippen LogP contribution in [0.1, 0.15) is 175 Å². The second-order valence-corrected chi connectivity index (χ2v) is 16.1. The number of aliphatic hydroxyl groups is 3. The predicted molar refractivity (Wildman–Crippen MR) is 247 cm³/mol. The van der Waals surface area contributed by atoms with Crippen molar-refractivity contribution in [2.24, 2.45) is 0 Å². The van der Waals surface area contributed by atoms with E-state index < -0.39 is 0 Å². The molecule has 0 aliphatic heterocycles. The van der Waals surface area contributed by atoms with Gasteiger partial charge in [0.25, 0.3) is 0 Å². The number of hydrogen-bond acceptors (Lipinski definition) is 6. The highest BCUT2D eigenvalue weighted by atomic mass is 16.3. The highest BCUT2D eigenvalue weighted by molar-refractivity contribution is 4.92. The molecule has 0 amide bonds. The third kappa shape index (κ3) is 41.8. The summed E-state index contributed by atoms with van der Waals surface area (Å²) in [5, 5.41) is 35.9. The van der Waals surface area contributed by atoms with E-state index in [9.17, 15) is 15.3 Å². The van der Waals surface area contributed by atoms with Crippen LogP contribution in [0.25, 0.3) is 0 Å². The zero-order chi connectivity index (χ0) is 41.0. The molecule has 0 radical (unpaired) electrons. The van der Waals surface area contributed by atoms with Gasteiger partial charge in [-0.15, -0.1) is 0 Å². The average Bonchev–Trinajstić information content (AvgIpc) is 3.18. The maximum Gasteiger partial charge on any atom is 0.0667 e. The van der Waals surface area contributed by atoms with E-state index in [0.717, 1.165) is 96.8 Å². The predicted octanol–water partition coefficient (Wildman–Crippen LogP) is 11.7. The smallest absolute Gasteiger partial charge is 0.0667 e. The molecule has 6 nitrogen and oxygen atoms in total. The van der Waals surface area contributed by atoms with E-state index in [2.05, 4.69) is 116 Å². The summed E-state index contributed by atoms with van der Waals surface area (Å²) in [7, 11) is 2.15. The van der Waals surface area contributed by atoms with Crippen molar-refractivity contribution in [1.29, 1.82) is 0 Å². The van der Waals surface area contributed by atoms with Crippen molar-refractivity contribution in [1.82, 2.24) is 15.1 Å². The zero-order valence-electron chi connectivity index (χ0n) is 37.3. The molecule has 0 fully saturated rings. The van der Waals surface area contributed by atoms with Gasteiger partial charge in [-0.3, -0.25) is 4.90 Å². The molecule has 3 unspecified atom stereocenters. The van der Waals surface area contributed by atoms with Gasteiger partial charge in [0.2, 0.25) is 0 Å². The number of allylic oxidation sites excluding steroid dienone is 12. The van der Waals surface area contributed by atoms with Gasteiger partial charge in [-0.1, -0.05) is 150 Å². The van der Waals surface area contributed by atoms with Gasteiger partial charge >= 0.3 is 0 Å². The van der Waals surface area contributed by atoms with Crippen LogP contribution in [0.4, 0.5) is 0 Å². The van der Waals surface area contributed by atoms with E-state index in [-0.39, 0.29) is 18.3 Å². The SMILES string of the molecule is C/C=C\C/C=C\CCCCCCCC(O)CNCCN(C)CCN(CC(O)CCCCCCC/C=C\C/C=C\C)CC(O)CCCCCCC/C=C\C/C=C\C. The number of unbranched alkanes of at least 4 members (excludes halogenated alkanes) is 15. The first-order valence-electron chi connectivity index (χ1n) is 23.4. The molecule has 0 aliphatic carbocycles. The summed E-state index contributed by atoms with van der Waals surface area (Å²) in [6, 6.07) is 0. The Morgan fingerprint density at radius 2 is 0.804 bits per heavy atom. The van der Waals surface area contributed by atoms with Crippen LogP contribution >= 0.6 is 0 Å². The lowest BCUT2D eigenvalue weighted by Gasteiger charge is -2.29. The fourth-order valence-electron chi connectivity index (χ4n) is 6.90. The van der Waals surface area contributed by atoms with Gasteiger partial charge in [0, 0.05) is 45.8 Å². The van der Waals surface area contributed by atoms with Crippen LogP contribution < -0.4 is 5.32 Å².